The van der Waals surface area contributed by atoms with Crippen molar-refractivity contribution in [2.24, 2.45) is 0 Å². The molecule has 0 radical (unpaired) electrons. The third-order valence-corrected chi connectivity index (χ3v) is 5.46. The summed E-state index contributed by atoms with van der Waals surface area (Å²) in [6, 6.07) is 12.0. The third kappa shape index (κ3) is 4.27. The molecule has 3 heterocycles. The fraction of sp³-hybridized carbons (Fsp3) is 0.333. The zero-order valence-corrected chi connectivity index (χ0v) is 19.2. The van der Waals surface area contributed by atoms with E-state index in [1.54, 1.807) is 6.20 Å². The van der Waals surface area contributed by atoms with Crippen molar-refractivity contribution in [3.8, 4) is 11.4 Å². The number of fused-ring (bicyclic) bond motifs is 1. The van der Waals surface area contributed by atoms with Crippen molar-refractivity contribution in [2.45, 2.75) is 26.4 Å². The van der Waals surface area contributed by atoms with Gasteiger partial charge in [0.15, 0.2) is 5.82 Å². The second kappa shape index (κ2) is 9.32. The Hall–Kier alpha value is -3.52. The number of ether oxygens (including phenoxy) is 1. The quantitative estimate of drug-likeness (QED) is 0.456. The molecule has 4 aromatic rings. The van der Waals surface area contributed by atoms with Crippen molar-refractivity contribution >= 4 is 16.7 Å². The molecule has 0 saturated heterocycles. The largest absolute Gasteiger partial charge is 0.486 e. The highest BCUT2D eigenvalue weighted by atomic mass is 16.5. The summed E-state index contributed by atoms with van der Waals surface area (Å²) in [4.78, 5) is 6.19. The normalized spacial score (nSPS) is 12.2. The number of rotatable bonds is 8. The van der Waals surface area contributed by atoms with Crippen LogP contribution < -0.4 is 15.0 Å². The molecule has 166 valence electrons. The smallest absolute Gasteiger partial charge is 0.179 e. The summed E-state index contributed by atoms with van der Waals surface area (Å²) in [5.41, 5.74) is 4.71. The first-order chi connectivity index (χ1) is 15.5. The minimum atomic E-state index is -0.0971. The number of benzene rings is 1. The van der Waals surface area contributed by atoms with E-state index in [-0.39, 0.29) is 6.10 Å². The van der Waals surface area contributed by atoms with Gasteiger partial charge in [0.05, 0.1) is 22.5 Å². The number of anilines is 1. The number of nitrogens with zero attached hydrogens (tertiary/aromatic N) is 6. The van der Waals surface area contributed by atoms with Crippen molar-refractivity contribution < 1.29 is 4.74 Å². The molecule has 4 rings (SSSR count). The molecular formula is C24H29N7O. The number of aryl methyl sites for hydroxylation is 2. The molecule has 0 amide bonds. The lowest BCUT2D eigenvalue weighted by molar-refractivity contribution is 0.194. The molecule has 1 N–H and O–H groups in total. The van der Waals surface area contributed by atoms with Crippen LogP contribution in [-0.4, -0.2) is 52.6 Å². The first-order valence-electron chi connectivity index (χ1n) is 10.7. The van der Waals surface area contributed by atoms with Crippen LogP contribution in [0.25, 0.3) is 16.6 Å². The van der Waals surface area contributed by atoms with E-state index in [1.165, 1.54) is 0 Å². The van der Waals surface area contributed by atoms with Crippen molar-refractivity contribution in [3.05, 3.63) is 65.7 Å². The first-order valence-corrected chi connectivity index (χ1v) is 10.7. The van der Waals surface area contributed by atoms with Crippen LogP contribution in [0.2, 0.25) is 0 Å². The summed E-state index contributed by atoms with van der Waals surface area (Å²) in [6.07, 6.45) is 4.37. The summed E-state index contributed by atoms with van der Waals surface area (Å²) in [7, 11) is 5.84. The van der Waals surface area contributed by atoms with E-state index in [9.17, 15) is 0 Å². The van der Waals surface area contributed by atoms with Crippen LogP contribution in [0, 0.1) is 13.8 Å². The van der Waals surface area contributed by atoms with E-state index >= 15 is 0 Å². The summed E-state index contributed by atoms with van der Waals surface area (Å²) >= 11 is 0. The number of hydrogen-bond acceptors (Lipinski definition) is 7. The summed E-state index contributed by atoms with van der Waals surface area (Å²) in [5.74, 6) is 1.54. The van der Waals surface area contributed by atoms with Crippen LogP contribution in [-0.2, 0) is 0 Å². The highest BCUT2D eigenvalue weighted by molar-refractivity contribution is 5.92. The number of hydrogen-bond donors (Lipinski definition) is 1. The van der Waals surface area contributed by atoms with Gasteiger partial charge >= 0.3 is 0 Å². The molecule has 0 aliphatic carbocycles. The molecule has 0 fully saturated rings. The number of nitrogens with one attached hydrogen (secondary N) is 1. The Balaban J connectivity index is 1.71. The summed E-state index contributed by atoms with van der Waals surface area (Å²) in [6.45, 7) is 4.87. The van der Waals surface area contributed by atoms with Gasteiger partial charge in [-0.25, -0.2) is 4.68 Å². The first kappa shape index (κ1) is 21.7. The molecule has 0 bridgehead atoms. The third-order valence-electron chi connectivity index (χ3n) is 5.46. The highest BCUT2D eigenvalue weighted by Gasteiger charge is 2.19. The fourth-order valence-corrected chi connectivity index (χ4v) is 3.85. The van der Waals surface area contributed by atoms with Crippen LogP contribution in [0.4, 0.5) is 5.82 Å². The van der Waals surface area contributed by atoms with Gasteiger partial charge < -0.3 is 15.0 Å². The Bertz CT molecular complexity index is 1200. The van der Waals surface area contributed by atoms with Gasteiger partial charge in [0.2, 0.25) is 0 Å². The minimum absolute atomic E-state index is 0.0971. The molecule has 1 atom stereocenters. The standard InChI is InChI=1S/C24H29N7O/c1-16-22-17(2)31(29-23(22)24(28-27-16)30(4)5)19-9-6-10-20(14-19)32-21(11-13-25-3)18-8-7-12-26-15-18/h6-10,12,14-15,21,25H,11,13H2,1-5H3/t21-/m1/s1. The Morgan fingerprint density at radius 3 is 2.69 bits per heavy atom. The summed E-state index contributed by atoms with van der Waals surface area (Å²) < 4.78 is 8.35. The van der Waals surface area contributed by atoms with Crippen molar-refractivity contribution in [2.75, 3.05) is 32.6 Å². The van der Waals surface area contributed by atoms with Crippen molar-refractivity contribution in [1.29, 1.82) is 0 Å². The molecule has 0 unspecified atom stereocenters. The maximum Gasteiger partial charge on any atom is 0.179 e. The predicted molar refractivity (Wildman–Crippen MR) is 127 cm³/mol. The maximum absolute atomic E-state index is 6.41. The van der Waals surface area contributed by atoms with E-state index in [0.29, 0.717) is 0 Å². The average Bonchev–Trinajstić information content (AvgIpc) is 3.15. The molecule has 0 saturated carbocycles. The maximum atomic E-state index is 6.41. The van der Waals surface area contributed by atoms with Gasteiger partial charge in [0, 0.05) is 44.5 Å². The molecule has 8 nitrogen and oxygen atoms in total. The van der Waals surface area contributed by atoms with E-state index in [4.69, 9.17) is 9.84 Å². The van der Waals surface area contributed by atoms with Crippen molar-refractivity contribution in [3.63, 3.8) is 0 Å². The summed E-state index contributed by atoms with van der Waals surface area (Å²) in [5, 5.41) is 17.8. The Morgan fingerprint density at radius 1 is 1.12 bits per heavy atom. The van der Waals surface area contributed by atoms with Gasteiger partial charge in [-0.1, -0.05) is 12.1 Å². The van der Waals surface area contributed by atoms with Crippen LogP contribution in [0.15, 0.2) is 48.8 Å². The monoisotopic (exact) mass is 431 g/mol. The van der Waals surface area contributed by atoms with Gasteiger partial charge in [-0.2, -0.15) is 10.2 Å². The minimum Gasteiger partial charge on any atom is -0.486 e. The molecular weight excluding hydrogens is 402 g/mol. The van der Waals surface area contributed by atoms with E-state index < -0.39 is 0 Å². The Kier molecular flexibility index (Phi) is 6.32. The van der Waals surface area contributed by atoms with E-state index in [2.05, 4.69) is 27.4 Å². The van der Waals surface area contributed by atoms with Gasteiger partial charge in [-0.05, 0) is 45.6 Å². The molecule has 0 spiro atoms. The topological polar surface area (TPSA) is 81.0 Å². The lowest BCUT2D eigenvalue weighted by Crippen LogP contribution is -2.16. The van der Waals surface area contributed by atoms with E-state index in [0.717, 1.165) is 58.1 Å². The Labute approximate surface area is 188 Å². The van der Waals surface area contributed by atoms with Gasteiger partial charge in [-0.15, -0.1) is 5.10 Å². The number of pyridine rings is 1. The highest BCUT2D eigenvalue weighted by Crippen LogP contribution is 2.30. The number of aromatic nitrogens is 5. The average molecular weight is 432 g/mol. The molecule has 0 aliphatic heterocycles. The fourth-order valence-electron chi connectivity index (χ4n) is 3.85. The lowest BCUT2D eigenvalue weighted by atomic mass is 10.1. The van der Waals surface area contributed by atoms with Crippen molar-refractivity contribution in [1.82, 2.24) is 30.3 Å². The second-order valence-electron chi connectivity index (χ2n) is 8.01. The van der Waals surface area contributed by atoms with Crippen LogP contribution in [0.3, 0.4) is 0 Å². The van der Waals surface area contributed by atoms with Crippen LogP contribution in [0.1, 0.15) is 29.5 Å². The van der Waals surface area contributed by atoms with Gasteiger partial charge in [0.1, 0.15) is 17.4 Å². The lowest BCUT2D eigenvalue weighted by Gasteiger charge is -2.20. The molecule has 0 aliphatic rings. The molecule has 8 heteroatoms. The van der Waals surface area contributed by atoms with Gasteiger partial charge in [-0.3, -0.25) is 4.98 Å². The molecule has 1 aromatic carbocycles. The molecule has 3 aromatic heterocycles. The SMILES string of the molecule is CNCC[C@@H](Oc1cccc(-n2nc3c(N(C)C)nnc(C)c3c2C)c1)c1cccnc1. The zero-order chi connectivity index (χ0) is 22.7. The second-order valence-corrected chi connectivity index (χ2v) is 8.01. The predicted octanol–water partition coefficient (Wildman–Crippen LogP) is 3.62. The van der Waals surface area contributed by atoms with Crippen LogP contribution in [0.5, 0.6) is 5.75 Å². The Morgan fingerprint density at radius 2 is 1.97 bits per heavy atom. The van der Waals surface area contributed by atoms with Gasteiger partial charge in [0.25, 0.3) is 0 Å². The van der Waals surface area contributed by atoms with E-state index in [1.807, 2.05) is 80.2 Å². The van der Waals surface area contributed by atoms with Crippen LogP contribution >= 0.6 is 0 Å². The zero-order valence-electron chi connectivity index (χ0n) is 19.2. The molecule has 32 heavy (non-hydrogen) atoms.